The zero-order chi connectivity index (χ0) is 20.6. The van der Waals surface area contributed by atoms with Gasteiger partial charge < -0.3 is 20.0 Å². The Bertz CT molecular complexity index is 752. The Morgan fingerprint density at radius 3 is 2.38 bits per heavy atom. The number of anilines is 2. The van der Waals surface area contributed by atoms with Gasteiger partial charge in [-0.3, -0.25) is 9.69 Å². The molecule has 2 aliphatic heterocycles. The van der Waals surface area contributed by atoms with Crippen molar-refractivity contribution in [2.45, 2.75) is 57.1 Å². The molecular weight excluding hydrogens is 372 g/mol. The van der Waals surface area contributed by atoms with E-state index in [9.17, 15) is 14.7 Å². The summed E-state index contributed by atoms with van der Waals surface area (Å²) in [6.07, 6.45) is 6.37. The summed E-state index contributed by atoms with van der Waals surface area (Å²) < 4.78 is 0. The van der Waals surface area contributed by atoms with Gasteiger partial charge in [-0.25, -0.2) is 9.78 Å². The summed E-state index contributed by atoms with van der Waals surface area (Å²) in [6.45, 7) is 2.40. The molecule has 8 heteroatoms. The van der Waals surface area contributed by atoms with Crippen LogP contribution in [0.1, 0.15) is 44.9 Å². The van der Waals surface area contributed by atoms with Gasteiger partial charge in [-0.2, -0.15) is 0 Å². The summed E-state index contributed by atoms with van der Waals surface area (Å²) >= 11 is 0. The van der Waals surface area contributed by atoms with E-state index in [1.807, 2.05) is 6.07 Å². The van der Waals surface area contributed by atoms with Gasteiger partial charge >= 0.3 is 6.09 Å². The number of pyridine rings is 1. The van der Waals surface area contributed by atoms with Crippen molar-refractivity contribution in [3.8, 4) is 0 Å². The van der Waals surface area contributed by atoms with Crippen LogP contribution in [0.5, 0.6) is 0 Å². The zero-order valence-electron chi connectivity index (χ0n) is 17.0. The number of carbonyl (C=O) groups is 2. The van der Waals surface area contributed by atoms with Gasteiger partial charge in [0.1, 0.15) is 5.82 Å². The number of likely N-dealkylation sites (tertiary alicyclic amines) is 1. The molecule has 2 N–H and O–H groups in total. The molecule has 1 aromatic heterocycles. The van der Waals surface area contributed by atoms with Crippen LogP contribution in [0.4, 0.5) is 16.3 Å². The van der Waals surface area contributed by atoms with Crippen LogP contribution >= 0.6 is 0 Å². The fourth-order valence-corrected chi connectivity index (χ4v) is 5.07. The van der Waals surface area contributed by atoms with E-state index in [1.54, 1.807) is 12.3 Å². The molecule has 3 heterocycles. The van der Waals surface area contributed by atoms with Crippen molar-refractivity contribution >= 4 is 23.5 Å². The number of nitrogens with zero attached hydrogens (tertiary/aromatic N) is 4. The fraction of sp³-hybridized carbons (Fsp3) is 0.667. The van der Waals surface area contributed by atoms with Gasteiger partial charge in [0, 0.05) is 32.7 Å². The predicted octanol–water partition coefficient (Wildman–Crippen LogP) is 2.32. The van der Waals surface area contributed by atoms with E-state index in [0.29, 0.717) is 17.6 Å². The van der Waals surface area contributed by atoms with Gasteiger partial charge in [0.05, 0.1) is 23.4 Å². The van der Waals surface area contributed by atoms with Crippen molar-refractivity contribution in [1.82, 2.24) is 9.88 Å². The highest BCUT2D eigenvalue weighted by molar-refractivity contribution is 5.86. The topological polar surface area (TPSA) is 97.2 Å². The first-order valence-corrected chi connectivity index (χ1v) is 10.6. The highest BCUT2D eigenvalue weighted by Gasteiger charge is 2.50. The van der Waals surface area contributed by atoms with E-state index < -0.39 is 6.09 Å². The van der Waals surface area contributed by atoms with Crippen LogP contribution in [0.2, 0.25) is 0 Å². The molecule has 1 aromatic rings. The summed E-state index contributed by atoms with van der Waals surface area (Å²) in [5.74, 6) is 1.14. The van der Waals surface area contributed by atoms with E-state index in [2.05, 4.69) is 14.8 Å². The molecule has 3 fully saturated rings. The molecule has 0 radical (unpaired) electrons. The molecule has 29 heavy (non-hydrogen) atoms. The quantitative estimate of drug-likeness (QED) is 0.805. The van der Waals surface area contributed by atoms with E-state index in [4.69, 9.17) is 5.11 Å². The summed E-state index contributed by atoms with van der Waals surface area (Å²) in [7, 11) is 1.49. The third kappa shape index (κ3) is 3.77. The molecule has 0 aromatic carbocycles. The number of hydrogen-bond donors (Lipinski definition) is 2. The maximum atomic E-state index is 13.3. The molecule has 1 aliphatic carbocycles. The smallest absolute Gasteiger partial charge is 0.411 e. The first-order chi connectivity index (χ1) is 13.9. The van der Waals surface area contributed by atoms with Gasteiger partial charge in [-0.05, 0) is 57.1 Å². The average molecular weight is 402 g/mol. The predicted molar refractivity (Wildman–Crippen MR) is 109 cm³/mol. The minimum absolute atomic E-state index is 0.199. The third-order valence-corrected chi connectivity index (χ3v) is 7.10. The van der Waals surface area contributed by atoms with Crippen molar-refractivity contribution < 1.29 is 19.8 Å². The zero-order valence-corrected chi connectivity index (χ0v) is 17.0. The fourth-order valence-electron chi connectivity index (χ4n) is 5.07. The molecule has 1 spiro atoms. The monoisotopic (exact) mass is 402 g/mol. The second kappa shape index (κ2) is 7.82. The van der Waals surface area contributed by atoms with E-state index >= 15 is 0 Å². The number of rotatable bonds is 3. The van der Waals surface area contributed by atoms with Gasteiger partial charge in [-0.15, -0.1) is 0 Å². The number of aliphatic hydroxyl groups excluding tert-OH is 1. The Balaban J connectivity index is 1.37. The second-order valence-corrected chi connectivity index (χ2v) is 8.69. The van der Waals surface area contributed by atoms with Crippen LogP contribution in [-0.4, -0.2) is 70.9 Å². The number of amides is 2. The van der Waals surface area contributed by atoms with E-state index in [1.165, 1.54) is 7.05 Å². The molecule has 3 aliphatic rings. The summed E-state index contributed by atoms with van der Waals surface area (Å²) in [5, 5.41) is 18.8. The van der Waals surface area contributed by atoms with Crippen molar-refractivity contribution in [3.05, 3.63) is 18.3 Å². The largest absolute Gasteiger partial charge is 0.465 e. The van der Waals surface area contributed by atoms with Crippen LogP contribution in [0.15, 0.2) is 18.3 Å². The lowest BCUT2D eigenvalue weighted by Crippen LogP contribution is -2.47. The van der Waals surface area contributed by atoms with Gasteiger partial charge in [0.25, 0.3) is 0 Å². The lowest BCUT2D eigenvalue weighted by Gasteiger charge is -2.40. The van der Waals surface area contributed by atoms with Crippen LogP contribution in [-0.2, 0) is 4.79 Å². The van der Waals surface area contributed by atoms with E-state index in [0.717, 1.165) is 75.3 Å². The normalized spacial score (nSPS) is 26.8. The lowest BCUT2D eigenvalue weighted by atomic mass is 9.77. The van der Waals surface area contributed by atoms with Gasteiger partial charge in [-0.1, -0.05) is 0 Å². The molecule has 4 rings (SSSR count). The number of carbonyl (C=O) groups excluding carboxylic acids is 1. The van der Waals surface area contributed by atoms with E-state index in [-0.39, 0.29) is 11.5 Å². The number of aromatic nitrogens is 1. The Morgan fingerprint density at radius 2 is 1.79 bits per heavy atom. The van der Waals surface area contributed by atoms with Crippen LogP contribution in [0, 0.1) is 5.41 Å². The number of aliphatic hydroxyl groups is 1. The van der Waals surface area contributed by atoms with Crippen molar-refractivity contribution in [2.24, 2.45) is 5.41 Å². The lowest BCUT2D eigenvalue weighted by molar-refractivity contribution is -0.139. The van der Waals surface area contributed by atoms with Gasteiger partial charge in [0.15, 0.2) is 0 Å². The standard InChI is InChI=1S/C21H30N4O4/c1-23(20(28)29)16-4-7-18(22-14-16)24-11-8-21(9-12-24)10-13-25(19(21)27)15-2-5-17(26)6-3-15/h4,7,14-15,17,26H,2-3,5-6,8-13H2,1H3,(H,28,29). The molecule has 0 bridgehead atoms. The third-order valence-electron chi connectivity index (χ3n) is 7.10. The average Bonchev–Trinajstić information content (AvgIpc) is 3.05. The van der Waals surface area contributed by atoms with Crippen molar-refractivity contribution in [3.63, 3.8) is 0 Å². The Kier molecular flexibility index (Phi) is 5.38. The minimum Gasteiger partial charge on any atom is -0.465 e. The molecule has 0 atom stereocenters. The van der Waals surface area contributed by atoms with Gasteiger partial charge in [0.2, 0.25) is 5.91 Å². The maximum absolute atomic E-state index is 13.3. The number of carboxylic acid groups (broad SMARTS) is 1. The van der Waals surface area contributed by atoms with Crippen LogP contribution < -0.4 is 9.80 Å². The van der Waals surface area contributed by atoms with Crippen LogP contribution in [0.25, 0.3) is 0 Å². The molecular formula is C21H30N4O4. The molecule has 0 unspecified atom stereocenters. The molecule has 1 saturated carbocycles. The van der Waals surface area contributed by atoms with Crippen molar-refractivity contribution in [1.29, 1.82) is 0 Å². The Morgan fingerprint density at radius 1 is 1.14 bits per heavy atom. The minimum atomic E-state index is -1.02. The Hall–Kier alpha value is -2.35. The maximum Gasteiger partial charge on any atom is 0.411 e. The molecule has 2 amide bonds. The van der Waals surface area contributed by atoms with Crippen molar-refractivity contribution in [2.75, 3.05) is 36.5 Å². The first-order valence-electron chi connectivity index (χ1n) is 10.6. The second-order valence-electron chi connectivity index (χ2n) is 8.69. The van der Waals surface area contributed by atoms with Crippen LogP contribution in [0.3, 0.4) is 0 Å². The highest BCUT2D eigenvalue weighted by Crippen LogP contribution is 2.44. The summed E-state index contributed by atoms with van der Waals surface area (Å²) in [4.78, 5) is 34.2. The summed E-state index contributed by atoms with van der Waals surface area (Å²) in [6, 6.07) is 3.91. The number of hydrogen-bond acceptors (Lipinski definition) is 5. The molecule has 2 saturated heterocycles. The first kappa shape index (κ1) is 19.9. The SMILES string of the molecule is CN(C(=O)O)c1ccc(N2CCC3(CC2)CCN(C2CCC(O)CC2)C3=O)nc1. The molecule has 158 valence electrons. The molecule has 8 nitrogen and oxygen atoms in total. The Labute approximate surface area is 171 Å². The number of piperidine rings is 1. The highest BCUT2D eigenvalue weighted by atomic mass is 16.4. The summed E-state index contributed by atoms with van der Waals surface area (Å²) in [5.41, 5.74) is 0.296.